The van der Waals surface area contributed by atoms with Crippen LogP contribution in [0.15, 0.2) is 91.2 Å². The van der Waals surface area contributed by atoms with Crippen LogP contribution in [0.4, 0.5) is 17.1 Å². The summed E-state index contributed by atoms with van der Waals surface area (Å²) in [6, 6.07) is 18.9. The summed E-state index contributed by atoms with van der Waals surface area (Å²) in [7, 11) is 0. The number of rotatable bonds is 4. The van der Waals surface area contributed by atoms with Gasteiger partial charge in [-0.2, -0.15) is 0 Å². The second-order valence-corrected chi connectivity index (χ2v) is 7.71. The van der Waals surface area contributed by atoms with Crippen molar-refractivity contribution in [2.75, 3.05) is 11.5 Å². The number of nitrogen functional groups attached to an aromatic ring is 2. The molecule has 0 atom stereocenters. The Morgan fingerprint density at radius 3 is 1.59 bits per heavy atom. The summed E-state index contributed by atoms with van der Waals surface area (Å²) in [5, 5.41) is 12.1. The number of hydrogen-bond acceptors (Lipinski definition) is 8. The molecule has 2 aromatic heterocycles. The Bertz CT molecular complexity index is 1600. The molecule has 0 fully saturated rings. The molecular formula is C25H17N3O6. The number of para-hydroxylation sites is 2. The van der Waals surface area contributed by atoms with E-state index in [2.05, 4.69) is 0 Å². The van der Waals surface area contributed by atoms with E-state index in [1.54, 1.807) is 48.5 Å². The molecule has 2 heterocycles. The average molecular weight is 455 g/mol. The van der Waals surface area contributed by atoms with Gasteiger partial charge in [-0.25, -0.2) is 9.59 Å². The van der Waals surface area contributed by atoms with Gasteiger partial charge in [0.25, 0.3) is 5.69 Å². The van der Waals surface area contributed by atoms with E-state index in [1.807, 2.05) is 0 Å². The minimum Gasteiger partial charge on any atom is -0.422 e. The number of anilines is 2. The Morgan fingerprint density at radius 1 is 0.706 bits per heavy atom. The fourth-order valence-electron chi connectivity index (χ4n) is 4.19. The van der Waals surface area contributed by atoms with Gasteiger partial charge in [-0.1, -0.05) is 36.4 Å². The molecule has 0 bridgehead atoms. The van der Waals surface area contributed by atoms with Crippen LogP contribution in [-0.4, -0.2) is 4.92 Å². The monoisotopic (exact) mass is 455 g/mol. The van der Waals surface area contributed by atoms with Crippen molar-refractivity contribution in [2.45, 2.75) is 5.92 Å². The van der Waals surface area contributed by atoms with Gasteiger partial charge in [0, 0.05) is 22.9 Å². The number of benzene rings is 3. The number of nitrogens with zero attached hydrogens (tertiary/aromatic N) is 1. The predicted octanol–water partition coefficient (Wildman–Crippen LogP) is 4.15. The summed E-state index contributed by atoms with van der Waals surface area (Å²) in [5.41, 5.74) is 12.4. The second kappa shape index (κ2) is 7.89. The van der Waals surface area contributed by atoms with Crippen LogP contribution in [0.2, 0.25) is 0 Å². The van der Waals surface area contributed by atoms with Gasteiger partial charge in [-0.15, -0.1) is 0 Å². The van der Waals surface area contributed by atoms with Gasteiger partial charge in [-0.3, -0.25) is 10.1 Å². The third-order valence-corrected chi connectivity index (χ3v) is 5.79. The fraction of sp³-hybridized carbons (Fsp3) is 0.0400. The molecule has 0 radical (unpaired) electrons. The molecule has 0 aliphatic heterocycles. The Hall–Kier alpha value is -4.92. The molecule has 9 nitrogen and oxygen atoms in total. The maximum Gasteiger partial charge on any atom is 0.342 e. The van der Waals surface area contributed by atoms with Crippen molar-refractivity contribution in [1.82, 2.24) is 0 Å². The zero-order valence-electron chi connectivity index (χ0n) is 17.6. The van der Waals surface area contributed by atoms with Gasteiger partial charge in [0.2, 0.25) is 0 Å². The van der Waals surface area contributed by atoms with Gasteiger partial charge in [0.05, 0.1) is 33.3 Å². The molecule has 0 amide bonds. The molecule has 0 spiro atoms. The van der Waals surface area contributed by atoms with Crippen molar-refractivity contribution >= 4 is 39.0 Å². The van der Waals surface area contributed by atoms with Gasteiger partial charge in [0.15, 0.2) is 0 Å². The van der Waals surface area contributed by atoms with Crippen LogP contribution in [0.5, 0.6) is 0 Å². The normalized spacial score (nSPS) is 11.3. The molecule has 3 aromatic carbocycles. The minimum absolute atomic E-state index is 0.0122. The van der Waals surface area contributed by atoms with Crippen molar-refractivity contribution in [3.8, 4) is 0 Å². The number of fused-ring (bicyclic) bond motifs is 2. The predicted molar refractivity (Wildman–Crippen MR) is 128 cm³/mol. The molecule has 0 unspecified atom stereocenters. The minimum atomic E-state index is -1.09. The Kier molecular flexibility index (Phi) is 4.86. The summed E-state index contributed by atoms with van der Waals surface area (Å²) < 4.78 is 11.0. The molecule has 9 heteroatoms. The highest BCUT2D eigenvalue weighted by Crippen LogP contribution is 2.39. The third-order valence-electron chi connectivity index (χ3n) is 5.79. The number of hydrogen-bond donors (Lipinski definition) is 2. The van der Waals surface area contributed by atoms with Crippen molar-refractivity contribution < 1.29 is 13.8 Å². The van der Waals surface area contributed by atoms with E-state index < -0.39 is 22.1 Å². The van der Waals surface area contributed by atoms with E-state index in [1.165, 1.54) is 24.3 Å². The largest absolute Gasteiger partial charge is 0.422 e. The lowest BCUT2D eigenvalue weighted by Crippen LogP contribution is -2.24. The highest BCUT2D eigenvalue weighted by atomic mass is 16.6. The van der Waals surface area contributed by atoms with Crippen LogP contribution in [-0.2, 0) is 0 Å². The second-order valence-electron chi connectivity index (χ2n) is 7.71. The maximum absolute atomic E-state index is 13.2. The van der Waals surface area contributed by atoms with Crippen LogP contribution in [0.25, 0.3) is 21.9 Å². The molecule has 0 aliphatic rings. The molecule has 0 saturated heterocycles. The molecule has 0 aliphatic carbocycles. The average Bonchev–Trinajstić information content (AvgIpc) is 2.83. The van der Waals surface area contributed by atoms with Crippen LogP contribution in [0.3, 0.4) is 0 Å². The quantitative estimate of drug-likeness (QED) is 0.232. The van der Waals surface area contributed by atoms with Gasteiger partial charge in [-0.05, 0) is 29.8 Å². The Morgan fingerprint density at radius 2 is 1.15 bits per heavy atom. The van der Waals surface area contributed by atoms with Gasteiger partial charge >= 0.3 is 11.3 Å². The topological polar surface area (TPSA) is 156 Å². The summed E-state index contributed by atoms with van der Waals surface area (Å²) in [4.78, 5) is 37.0. The van der Waals surface area contributed by atoms with Crippen molar-refractivity contribution in [3.63, 3.8) is 0 Å². The maximum atomic E-state index is 13.2. The molecule has 34 heavy (non-hydrogen) atoms. The molecule has 168 valence electrons. The summed E-state index contributed by atoms with van der Waals surface area (Å²) >= 11 is 0. The first-order chi connectivity index (χ1) is 16.4. The Balaban J connectivity index is 1.88. The molecule has 5 aromatic rings. The number of nitro groups is 1. The van der Waals surface area contributed by atoms with Gasteiger partial charge < -0.3 is 20.3 Å². The third kappa shape index (κ3) is 3.27. The lowest BCUT2D eigenvalue weighted by atomic mass is 9.84. The first kappa shape index (κ1) is 21.0. The SMILES string of the molecule is Nc1c(C(c2ccc([N+](=O)[O-])cc2)c2c(N)c3ccccc3oc2=O)c(=O)oc2ccccc12. The summed E-state index contributed by atoms with van der Waals surface area (Å²) in [5.74, 6) is -1.09. The van der Waals surface area contributed by atoms with Crippen molar-refractivity contribution in [3.05, 3.63) is 120 Å². The van der Waals surface area contributed by atoms with E-state index >= 15 is 0 Å². The van der Waals surface area contributed by atoms with Crippen molar-refractivity contribution in [1.29, 1.82) is 0 Å². The lowest BCUT2D eigenvalue weighted by Gasteiger charge is -2.20. The highest BCUT2D eigenvalue weighted by molar-refractivity contribution is 5.93. The molecule has 0 saturated carbocycles. The molecular weight excluding hydrogens is 438 g/mol. The fourth-order valence-corrected chi connectivity index (χ4v) is 4.19. The summed E-state index contributed by atoms with van der Waals surface area (Å²) in [6.45, 7) is 0. The van der Waals surface area contributed by atoms with E-state index in [0.29, 0.717) is 16.3 Å². The molecule has 5 rings (SSSR count). The van der Waals surface area contributed by atoms with Crippen LogP contribution in [0, 0.1) is 10.1 Å². The highest BCUT2D eigenvalue weighted by Gasteiger charge is 2.31. The van der Waals surface area contributed by atoms with Gasteiger partial charge in [0.1, 0.15) is 11.2 Å². The van der Waals surface area contributed by atoms with Crippen LogP contribution in [0.1, 0.15) is 22.6 Å². The smallest absolute Gasteiger partial charge is 0.342 e. The number of nitrogens with two attached hydrogens (primary N) is 2. The number of non-ortho nitro benzene ring substituents is 1. The summed E-state index contributed by atoms with van der Waals surface area (Å²) in [6.07, 6.45) is 0. The van der Waals surface area contributed by atoms with E-state index in [-0.39, 0.29) is 39.4 Å². The first-order valence-corrected chi connectivity index (χ1v) is 10.2. The van der Waals surface area contributed by atoms with Crippen LogP contribution >= 0.6 is 0 Å². The number of nitro benzene ring substituents is 1. The van der Waals surface area contributed by atoms with E-state index in [0.717, 1.165) is 0 Å². The first-order valence-electron chi connectivity index (χ1n) is 10.2. The zero-order chi connectivity index (χ0) is 24.0. The van der Waals surface area contributed by atoms with Crippen molar-refractivity contribution in [2.24, 2.45) is 0 Å². The zero-order valence-corrected chi connectivity index (χ0v) is 17.6. The van der Waals surface area contributed by atoms with E-state index in [4.69, 9.17) is 20.3 Å². The lowest BCUT2D eigenvalue weighted by molar-refractivity contribution is -0.384. The standard InChI is InChI=1S/C25H17N3O6/c26-22-15-5-1-3-7-17(15)33-24(29)20(22)19(13-9-11-14(12-10-13)28(31)32)21-23(27)16-6-2-4-8-18(16)34-25(21)30/h1-12,19H,26-27H2. The van der Waals surface area contributed by atoms with Crippen LogP contribution < -0.4 is 22.7 Å². The Labute approximate surface area is 191 Å². The molecule has 4 N–H and O–H groups in total. The van der Waals surface area contributed by atoms with E-state index in [9.17, 15) is 19.7 Å².